The molecule has 6 heteroatoms. The van der Waals surface area contributed by atoms with E-state index in [1.165, 1.54) is 6.92 Å². The number of H-pyrrole nitrogens is 1. The molecule has 2 heterocycles. The Kier molecular flexibility index (Phi) is 3.73. The fourth-order valence-corrected chi connectivity index (χ4v) is 2.92. The van der Waals surface area contributed by atoms with Crippen molar-refractivity contribution in [2.45, 2.75) is 19.9 Å². The highest BCUT2D eigenvalue weighted by Crippen LogP contribution is 2.27. The van der Waals surface area contributed by atoms with Crippen LogP contribution in [0.5, 0.6) is 5.88 Å². The third-order valence-electron chi connectivity index (χ3n) is 4.15. The minimum absolute atomic E-state index is 0.0825. The van der Waals surface area contributed by atoms with E-state index in [1.807, 2.05) is 18.2 Å². The quantitative estimate of drug-likeness (QED) is 0.731. The van der Waals surface area contributed by atoms with E-state index in [-0.39, 0.29) is 29.6 Å². The standard InChI is InChI=1S/C17H17N3O3/c1-10(21)20-8-7-12-13(9-20)16(22)19-17(23)14(12)15(18)11-5-3-2-4-6-11/h2-6,18H,7-9H2,1H3,(H2,19,22,23). The third-order valence-corrected chi connectivity index (χ3v) is 4.15. The van der Waals surface area contributed by atoms with E-state index >= 15 is 0 Å². The summed E-state index contributed by atoms with van der Waals surface area (Å²) < 4.78 is 0. The van der Waals surface area contributed by atoms with Crippen molar-refractivity contribution in [3.8, 4) is 5.88 Å². The van der Waals surface area contributed by atoms with E-state index < -0.39 is 5.56 Å². The van der Waals surface area contributed by atoms with Gasteiger partial charge < -0.3 is 10.0 Å². The molecule has 3 rings (SSSR count). The summed E-state index contributed by atoms with van der Waals surface area (Å²) in [5.41, 5.74) is 1.72. The molecule has 0 saturated carbocycles. The second-order valence-corrected chi connectivity index (χ2v) is 5.57. The molecule has 2 aromatic rings. The lowest BCUT2D eigenvalue weighted by atomic mass is 9.91. The van der Waals surface area contributed by atoms with Crippen LogP contribution in [0.15, 0.2) is 35.1 Å². The van der Waals surface area contributed by atoms with Gasteiger partial charge in [0.15, 0.2) is 5.88 Å². The molecule has 0 spiro atoms. The van der Waals surface area contributed by atoms with Crippen LogP contribution in [-0.4, -0.2) is 33.2 Å². The van der Waals surface area contributed by atoms with Crippen LogP contribution in [0.3, 0.4) is 0 Å². The van der Waals surface area contributed by atoms with E-state index in [0.717, 1.165) is 0 Å². The van der Waals surface area contributed by atoms with Crippen LogP contribution in [-0.2, 0) is 17.8 Å². The first-order valence-electron chi connectivity index (χ1n) is 7.36. The predicted octanol–water partition coefficient (Wildman–Crippen LogP) is 1.40. The monoisotopic (exact) mass is 311 g/mol. The third kappa shape index (κ3) is 2.63. The van der Waals surface area contributed by atoms with Crippen LogP contribution >= 0.6 is 0 Å². The van der Waals surface area contributed by atoms with Crippen molar-refractivity contribution in [3.63, 3.8) is 0 Å². The van der Waals surface area contributed by atoms with Crippen molar-refractivity contribution in [2.75, 3.05) is 6.54 Å². The maximum Gasteiger partial charge on any atom is 0.260 e. The normalized spacial score (nSPS) is 13.5. The molecule has 0 bridgehead atoms. The number of aromatic amines is 1. The molecule has 0 atom stereocenters. The number of amides is 1. The van der Waals surface area contributed by atoms with Crippen LogP contribution in [0.1, 0.15) is 29.2 Å². The predicted molar refractivity (Wildman–Crippen MR) is 85.9 cm³/mol. The molecule has 1 aliphatic heterocycles. The largest absolute Gasteiger partial charge is 0.494 e. The van der Waals surface area contributed by atoms with Gasteiger partial charge in [-0.2, -0.15) is 0 Å². The number of aromatic hydroxyl groups is 1. The lowest BCUT2D eigenvalue weighted by Crippen LogP contribution is -2.37. The molecule has 23 heavy (non-hydrogen) atoms. The van der Waals surface area contributed by atoms with E-state index in [2.05, 4.69) is 4.98 Å². The van der Waals surface area contributed by atoms with Crippen LogP contribution in [0.2, 0.25) is 0 Å². The summed E-state index contributed by atoms with van der Waals surface area (Å²) in [5.74, 6) is -0.304. The average molecular weight is 311 g/mol. The maximum atomic E-state index is 12.3. The molecule has 1 aliphatic rings. The first-order valence-corrected chi connectivity index (χ1v) is 7.36. The summed E-state index contributed by atoms with van der Waals surface area (Å²) in [5, 5.41) is 18.4. The summed E-state index contributed by atoms with van der Waals surface area (Å²) in [6.45, 7) is 2.18. The zero-order chi connectivity index (χ0) is 16.6. The molecular weight excluding hydrogens is 294 g/mol. The van der Waals surface area contributed by atoms with Crippen LogP contribution in [0, 0.1) is 5.41 Å². The molecule has 0 aliphatic carbocycles. The molecule has 0 radical (unpaired) electrons. The fraction of sp³-hybridized carbons (Fsp3) is 0.235. The second kappa shape index (κ2) is 5.72. The minimum atomic E-state index is -0.480. The number of nitrogens with one attached hydrogen (secondary N) is 2. The van der Waals surface area contributed by atoms with E-state index in [4.69, 9.17) is 5.41 Å². The molecule has 1 amide bonds. The Hall–Kier alpha value is -2.89. The molecule has 118 valence electrons. The van der Waals surface area contributed by atoms with Crippen molar-refractivity contribution in [1.29, 1.82) is 5.41 Å². The number of carbonyl (C=O) groups is 1. The number of aromatic nitrogens is 1. The summed E-state index contributed by atoms with van der Waals surface area (Å²) in [6, 6.07) is 9.00. The van der Waals surface area contributed by atoms with Gasteiger partial charge in [-0.05, 0) is 12.0 Å². The first kappa shape index (κ1) is 15.0. The number of pyridine rings is 1. The van der Waals surface area contributed by atoms with E-state index in [1.54, 1.807) is 17.0 Å². The van der Waals surface area contributed by atoms with Crippen molar-refractivity contribution >= 4 is 11.6 Å². The van der Waals surface area contributed by atoms with Gasteiger partial charge in [-0.3, -0.25) is 20.0 Å². The molecule has 0 fully saturated rings. The van der Waals surface area contributed by atoms with Crippen molar-refractivity contribution in [3.05, 3.63) is 62.9 Å². The first-order chi connectivity index (χ1) is 11.0. The number of fused-ring (bicyclic) bond motifs is 1. The van der Waals surface area contributed by atoms with Crippen molar-refractivity contribution in [1.82, 2.24) is 9.88 Å². The highest BCUT2D eigenvalue weighted by molar-refractivity contribution is 6.11. The topological polar surface area (TPSA) is 97.2 Å². The Labute approximate surface area is 132 Å². The van der Waals surface area contributed by atoms with Gasteiger partial charge >= 0.3 is 0 Å². The van der Waals surface area contributed by atoms with Crippen LogP contribution < -0.4 is 5.56 Å². The summed E-state index contributed by atoms with van der Waals surface area (Å²) >= 11 is 0. The molecule has 3 N–H and O–H groups in total. The number of hydrogen-bond acceptors (Lipinski definition) is 4. The summed E-state index contributed by atoms with van der Waals surface area (Å²) in [4.78, 5) is 27.9. The Bertz CT molecular complexity index is 840. The van der Waals surface area contributed by atoms with Gasteiger partial charge in [-0.15, -0.1) is 0 Å². The Morgan fingerprint density at radius 2 is 1.96 bits per heavy atom. The zero-order valence-corrected chi connectivity index (χ0v) is 12.7. The Morgan fingerprint density at radius 3 is 2.61 bits per heavy atom. The van der Waals surface area contributed by atoms with Gasteiger partial charge in [0.2, 0.25) is 5.91 Å². The van der Waals surface area contributed by atoms with Crippen molar-refractivity contribution in [2.24, 2.45) is 0 Å². The Balaban J connectivity index is 2.13. The molecule has 0 saturated heterocycles. The van der Waals surface area contributed by atoms with Gasteiger partial charge in [-0.25, -0.2) is 0 Å². The van der Waals surface area contributed by atoms with Crippen molar-refractivity contribution < 1.29 is 9.90 Å². The molecule has 6 nitrogen and oxygen atoms in total. The number of benzene rings is 1. The van der Waals surface area contributed by atoms with Gasteiger partial charge in [-0.1, -0.05) is 30.3 Å². The molecule has 1 aromatic heterocycles. The van der Waals surface area contributed by atoms with E-state index in [0.29, 0.717) is 29.7 Å². The fourth-order valence-electron chi connectivity index (χ4n) is 2.92. The lowest BCUT2D eigenvalue weighted by Gasteiger charge is -2.29. The second-order valence-electron chi connectivity index (χ2n) is 5.57. The lowest BCUT2D eigenvalue weighted by molar-refractivity contribution is -0.129. The molecular formula is C17H17N3O3. The van der Waals surface area contributed by atoms with Crippen LogP contribution in [0.4, 0.5) is 0 Å². The smallest absolute Gasteiger partial charge is 0.260 e. The summed E-state index contributed by atoms with van der Waals surface area (Å²) in [6.07, 6.45) is 0.441. The van der Waals surface area contributed by atoms with Gasteiger partial charge in [0.1, 0.15) is 0 Å². The molecule has 1 aromatic carbocycles. The average Bonchev–Trinajstić information content (AvgIpc) is 2.55. The zero-order valence-electron chi connectivity index (χ0n) is 12.7. The summed E-state index contributed by atoms with van der Waals surface area (Å²) in [7, 11) is 0. The van der Waals surface area contributed by atoms with E-state index in [9.17, 15) is 14.7 Å². The number of rotatable bonds is 2. The minimum Gasteiger partial charge on any atom is -0.494 e. The number of nitrogens with zero attached hydrogens (tertiary/aromatic N) is 1. The highest BCUT2D eigenvalue weighted by Gasteiger charge is 2.27. The maximum absolute atomic E-state index is 12.3. The van der Waals surface area contributed by atoms with Gasteiger partial charge in [0.25, 0.3) is 5.56 Å². The van der Waals surface area contributed by atoms with Crippen LogP contribution in [0.25, 0.3) is 0 Å². The van der Waals surface area contributed by atoms with Gasteiger partial charge in [0.05, 0.1) is 17.8 Å². The SMILES string of the molecule is CC(=O)N1CCc2c(c(O)[nH]c(=O)c2C(=N)c2ccccc2)C1. The number of hydrogen-bond donors (Lipinski definition) is 3. The number of carbonyl (C=O) groups excluding carboxylic acids is 1. The van der Waals surface area contributed by atoms with Gasteiger partial charge in [0, 0.05) is 24.6 Å². The molecule has 0 unspecified atom stereocenters. The Morgan fingerprint density at radius 1 is 1.26 bits per heavy atom. The highest BCUT2D eigenvalue weighted by atomic mass is 16.3.